The molecular formula is C5H8Li2O2. The summed E-state index contributed by atoms with van der Waals surface area (Å²) in [6.45, 7) is 3.33. The third-order valence-corrected chi connectivity index (χ3v) is 0.879. The fraction of sp³-hybridized carbons (Fsp3) is 0.600. The van der Waals surface area contributed by atoms with Gasteiger partial charge in [-0.1, -0.05) is 12.5 Å². The molecule has 0 atom stereocenters. The average Bonchev–Trinajstić information content (AvgIpc) is 1.65. The van der Waals surface area contributed by atoms with E-state index in [0.29, 0.717) is 12.0 Å². The monoisotopic (exact) mass is 114 g/mol. The molecule has 4 heteroatoms. The van der Waals surface area contributed by atoms with Crippen LogP contribution in [0, 0.1) is 0 Å². The molecule has 0 unspecified atom stereocenters. The quantitative estimate of drug-likeness (QED) is 0.251. The Hall–Kier alpha value is 0.535. The van der Waals surface area contributed by atoms with Gasteiger partial charge in [0.1, 0.15) is 0 Å². The van der Waals surface area contributed by atoms with Crippen LogP contribution in [0.25, 0.3) is 0 Å². The first-order chi connectivity index (χ1) is 3.18. The van der Waals surface area contributed by atoms with Gasteiger partial charge in [-0.05, 0) is 13.3 Å². The third-order valence-electron chi connectivity index (χ3n) is 0.879. The summed E-state index contributed by atoms with van der Waals surface area (Å²) < 4.78 is 0. The van der Waals surface area contributed by atoms with Crippen LogP contribution in [0.2, 0.25) is 0 Å². The summed E-state index contributed by atoms with van der Waals surface area (Å²) in [4.78, 5) is 0. The van der Waals surface area contributed by atoms with Crippen LogP contribution < -0.4 is 47.9 Å². The second-order valence-corrected chi connectivity index (χ2v) is 1.42. The van der Waals surface area contributed by atoms with Crippen LogP contribution in [0.1, 0.15) is 20.3 Å². The van der Waals surface area contributed by atoms with E-state index in [1.807, 2.05) is 0 Å². The number of allylic oxidation sites excluding steroid dienone is 1. The number of hydrogen-bond donors (Lipinski definition) is 0. The van der Waals surface area contributed by atoms with Gasteiger partial charge < -0.3 is 10.2 Å². The van der Waals surface area contributed by atoms with E-state index < -0.39 is 5.95 Å². The molecule has 0 amide bonds. The van der Waals surface area contributed by atoms with Gasteiger partial charge in [0.25, 0.3) is 0 Å². The molecule has 0 heterocycles. The first-order valence-electron chi connectivity index (χ1n) is 2.22. The van der Waals surface area contributed by atoms with Crippen molar-refractivity contribution >= 4 is 0 Å². The molecule has 0 aliphatic rings. The maximum absolute atomic E-state index is 9.78. The van der Waals surface area contributed by atoms with E-state index in [2.05, 4.69) is 0 Å². The Labute approximate surface area is 79.7 Å². The molecule has 0 N–H and O–H groups in total. The summed E-state index contributed by atoms with van der Waals surface area (Å²) in [6, 6.07) is 0. The van der Waals surface area contributed by atoms with E-state index in [0.717, 1.165) is 0 Å². The first-order valence-corrected chi connectivity index (χ1v) is 2.22. The summed E-state index contributed by atoms with van der Waals surface area (Å²) in [5.74, 6) is -1.04. The second-order valence-electron chi connectivity index (χ2n) is 1.42. The van der Waals surface area contributed by atoms with Crippen LogP contribution in [0.3, 0.4) is 0 Å². The van der Waals surface area contributed by atoms with Crippen molar-refractivity contribution in [3.8, 4) is 0 Å². The van der Waals surface area contributed by atoms with Gasteiger partial charge in [-0.2, -0.15) is 0 Å². The fourth-order valence-corrected chi connectivity index (χ4v) is 0.144. The average molecular weight is 114 g/mol. The minimum atomic E-state index is -1.04. The molecule has 2 nitrogen and oxygen atoms in total. The third kappa shape index (κ3) is 8.53. The molecular weight excluding hydrogens is 106 g/mol. The minimum absolute atomic E-state index is 0. The van der Waals surface area contributed by atoms with E-state index in [9.17, 15) is 10.2 Å². The van der Waals surface area contributed by atoms with Crippen LogP contribution in [0.4, 0.5) is 0 Å². The van der Waals surface area contributed by atoms with Crippen molar-refractivity contribution in [3.63, 3.8) is 0 Å². The molecule has 0 rings (SSSR count). The topological polar surface area (TPSA) is 46.1 Å². The first kappa shape index (κ1) is 16.3. The van der Waals surface area contributed by atoms with Crippen LogP contribution in [0.15, 0.2) is 11.5 Å². The van der Waals surface area contributed by atoms with Crippen LogP contribution in [-0.4, -0.2) is 0 Å². The Kier molecular flexibility index (Phi) is 15.4. The molecule has 9 heavy (non-hydrogen) atoms. The smallest absolute Gasteiger partial charge is 0.884 e. The van der Waals surface area contributed by atoms with Crippen molar-refractivity contribution in [2.24, 2.45) is 0 Å². The summed E-state index contributed by atoms with van der Waals surface area (Å²) in [5.41, 5.74) is 0.403. The van der Waals surface area contributed by atoms with Crippen molar-refractivity contribution in [1.29, 1.82) is 0 Å². The maximum Gasteiger partial charge on any atom is 1.00 e. The molecule has 0 aromatic rings. The number of rotatable bonds is 1. The van der Waals surface area contributed by atoms with E-state index in [4.69, 9.17) is 0 Å². The van der Waals surface area contributed by atoms with E-state index >= 15 is 0 Å². The Morgan fingerprint density at radius 3 is 1.56 bits per heavy atom. The molecule has 0 radical (unpaired) electrons. The predicted molar refractivity (Wildman–Crippen MR) is 23.0 cm³/mol. The van der Waals surface area contributed by atoms with Crippen molar-refractivity contribution in [2.75, 3.05) is 0 Å². The molecule has 0 saturated heterocycles. The van der Waals surface area contributed by atoms with Gasteiger partial charge in [0.15, 0.2) is 0 Å². The summed E-state index contributed by atoms with van der Waals surface area (Å²) >= 11 is 0. The van der Waals surface area contributed by atoms with Crippen LogP contribution in [0.5, 0.6) is 0 Å². The van der Waals surface area contributed by atoms with Crippen molar-refractivity contribution in [1.82, 2.24) is 0 Å². The van der Waals surface area contributed by atoms with Gasteiger partial charge in [0.2, 0.25) is 0 Å². The summed E-state index contributed by atoms with van der Waals surface area (Å²) in [7, 11) is 0. The zero-order valence-corrected chi connectivity index (χ0v) is 6.52. The van der Waals surface area contributed by atoms with Gasteiger partial charge in [-0.3, -0.25) is 0 Å². The predicted octanol–water partition coefficient (Wildman–Crippen LogP) is -6.64. The van der Waals surface area contributed by atoms with Gasteiger partial charge >= 0.3 is 37.7 Å². The Morgan fingerprint density at radius 1 is 1.22 bits per heavy atom. The largest absolute Gasteiger partial charge is 1.00 e. The summed E-state index contributed by atoms with van der Waals surface area (Å²) in [6.07, 6.45) is 0.572. The zero-order valence-electron chi connectivity index (χ0n) is 6.52. The van der Waals surface area contributed by atoms with Crippen LogP contribution >= 0.6 is 0 Å². The van der Waals surface area contributed by atoms with E-state index in [1.54, 1.807) is 13.8 Å². The standard InChI is InChI=1S/C5H10O2.2Li/c1-3-4(2)5(6)7;;/h6-7H,3H2,1-2H3;;/q;2*+1/p-2. The molecule has 0 aliphatic carbocycles. The van der Waals surface area contributed by atoms with Crippen LogP contribution in [-0.2, 0) is 0 Å². The molecule has 0 fully saturated rings. The molecule has 0 spiro atoms. The SMILES string of the molecule is CCC(C)=C([O-])[O-].[Li+].[Li+]. The van der Waals surface area contributed by atoms with Crippen molar-refractivity contribution < 1.29 is 47.9 Å². The van der Waals surface area contributed by atoms with Crippen molar-refractivity contribution in [2.45, 2.75) is 20.3 Å². The molecule has 42 valence electrons. The molecule has 0 aromatic heterocycles. The second kappa shape index (κ2) is 8.53. The minimum Gasteiger partial charge on any atom is -0.884 e. The molecule has 0 aliphatic heterocycles. The van der Waals surface area contributed by atoms with Gasteiger partial charge in [0.05, 0.1) is 0 Å². The molecule has 0 saturated carbocycles. The van der Waals surface area contributed by atoms with Gasteiger partial charge in [-0.15, -0.1) is 0 Å². The number of hydrogen-bond acceptors (Lipinski definition) is 2. The van der Waals surface area contributed by atoms with Gasteiger partial charge in [0, 0.05) is 0 Å². The zero-order chi connectivity index (χ0) is 5.86. The molecule has 0 aromatic carbocycles. The van der Waals surface area contributed by atoms with Crippen molar-refractivity contribution in [3.05, 3.63) is 11.5 Å². The maximum atomic E-state index is 9.78. The Balaban J connectivity index is -0.000000180. The Bertz CT molecular complexity index is 87.0. The van der Waals surface area contributed by atoms with E-state index in [-0.39, 0.29) is 37.7 Å². The summed E-state index contributed by atoms with van der Waals surface area (Å²) in [5, 5.41) is 19.6. The molecule has 0 bridgehead atoms. The Morgan fingerprint density at radius 2 is 1.56 bits per heavy atom. The van der Waals surface area contributed by atoms with E-state index in [1.165, 1.54) is 0 Å². The normalized spacial score (nSPS) is 6.44. The van der Waals surface area contributed by atoms with Gasteiger partial charge in [-0.25, -0.2) is 5.95 Å². The fourth-order valence-electron chi connectivity index (χ4n) is 0.144.